The van der Waals surface area contributed by atoms with Gasteiger partial charge in [0.25, 0.3) is 6.43 Å². The summed E-state index contributed by atoms with van der Waals surface area (Å²) in [6.45, 7) is 0.440. The Morgan fingerprint density at radius 2 is 2.28 bits per heavy atom. The lowest BCUT2D eigenvalue weighted by atomic mass is 9.67. The quantitative estimate of drug-likeness (QED) is 0.778. The number of aromatic nitrogens is 1. The van der Waals surface area contributed by atoms with Crippen LogP contribution in [-0.4, -0.2) is 31.2 Å². The van der Waals surface area contributed by atoms with E-state index in [-0.39, 0.29) is 5.41 Å². The highest BCUT2D eigenvalue weighted by atomic mass is 32.1. The molecule has 0 aliphatic heterocycles. The molecule has 0 bridgehead atoms. The van der Waals surface area contributed by atoms with Gasteiger partial charge >= 0.3 is 0 Å². The first-order valence-corrected chi connectivity index (χ1v) is 7.05. The number of nitrogens with two attached hydrogens (primary N) is 1. The summed E-state index contributed by atoms with van der Waals surface area (Å²) < 4.78 is 28.6. The molecule has 18 heavy (non-hydrogen) atoms. The van der Waals surface area contributed by atoms with Crippen molar-refractivity contribution >= 4 is 11.3 Å². The third-order valence-corrected chi connectivity index (χ3v) is 4.41. The zero-order chi connectivity index (χ0) is 13.0. The molecule has 0 unspecified atom stereocenters. The van der Waals surface area contributed by atoms with E-state index in [0.717, 1.165) is 23.5 Å². The summed E-state index contributed by atoms with van der Waals surface area (Å²) in [5.74, 6) is 0. The highest BCUT2D eigenvalue weighted by molar-refractivity contribution is 7.09. The van der Waals surface area contributed by atoms with E-state index in [1.165, 1.54) is 6.42 Å². The van der Waals surface area contributed by atoms with E-state index in [9.17, 15) is 8.78 Å². The van der Waals surface area contributed by atoms with Crippen LogP contribution in [0.1, 0.15) is 30.0 Å². The summed E-state index contributed by atoms with van der Waals surface area (Å²) in [4.78, 5) is 4.56. The molecule has 1 heterocycles. The monoisotopic (exact) mass is 276 g/mol. The smallest absolute Gasteiger partial charge is 0.261 e. The molecule has 2 rings (SSSR count). The molecule has 2 N–H and O–H groups in total. The van der Waals surface area contributed by atoms with Gasteiger partial charge in [0.15, 0.2) is 0 Å². The fourth-order valence-corrected chi connectivity index (χ4v) is 3.07. The molecule has 1 fully saturated rings. The van der Waals surface area contributed by atoms with Gasteiger partial charge in [0, 0.05) is 23.8 Å². The van der Waals surface area contributed by atoms with Crippen LogP contribution in [-0.2, 0) is 16.6 Å². The van der Waals surface area contributed by atoms with Crippen molar-refractivity contribution in [3.05, 3.63) is 16.1 Å². The van der Waals surface area contributed by atoms with Gasteiger partial charge in [-0.1, -0.05) is 6.42 Å². The molecule has 6 heteroatoms. The zero-order valence-corrected chi connectivity index (χ0v) is 11.0. The average molecular weight is 276 g/mol. The Morgan fingerprint density at radius 1 is 1.50 bits per heavy atom. The molecule has 0 amide bonds. The van der Waals surface area contributed by atoms with Crippen LogP contribution in [0.5, 0.6) is 0 Å². The first kappa shape index (κ1) is 13.8. The minimum absolute atomic E-state index is 0.0819. The van der Waals surface area contributed by atoms with Gasteiger partial charge in [-0.05, 0) is 12.8 Å². The number of halogens is 2. The van der Waals surface area contributed by atoms with Gasteiger partial charge in [-0.2, -0.15) is 0 Å². The molecule has 0 saturated heterocycles. The second-order valence-electron chi connectivity index (χ2n) is 4.68. The largest absolute Gasteiger partial charge is 0.375 e. The fraction of sp³-hybridized carbons (Fsp3) is 0.750. The number of ether oxygens (including phenoxy) is 1. The van der Waals surface area contributed by atoms with E-state index in [2.05, 4.69) is 10.4 Å². The molecule has 3 nitrogen and oxygen atoms in total. The van der Waals surface area contributed by atoms with Crippen LogP contribution in [0.4, 0.5) is 8.78 Å². The molecule has 1 aliphatic carbocycles. The number of rotatable bonds is 7. The molecule has 1 aromatic heterocycles. The first-order valence-electron chi connectivity index (χ1n) is 6.17. The summed E-state index contributed by atoms with van der Waals surface area (Å²) in [7, 11) is 0. The Balaban J connectivity index is 1.83. The van der Waals surface area contributed by atoms with Gasteiger partial charge in [0.2, 0.25) is 0 Å². The van der Waals surface area contributed by atoms with Crippen LogP contribution in [0, 0.1) is 0 Å². The number of hydrogen-bond acceptors (Lipinski definition) is 4. The van der Waals surface area contributed by atoms with E-state index in [0.29, 0.717) is 19.6 Å². The number of thiazole rings is 1. The van der Waals surface area contributed by atoms with Crippen molar-refractivity contribution in [2.75, 3.05) is 19.8 Å². The van der Waals surface area contributed by atoms with Crippen molar-refractivity contribution in [3.8, 4) is 0 Å². The van der Waals surface area contributed by atoms with Gasteiger partial charge in [-0.15, -0.1) is 11.3 Å². The van der Waals surface area contributed by atoms with E-state index < -0.39 is 13.0 Å². The highest BCUT2D eigenvalue weighted by Gasteiger charge is 2.39. The SMILES string of the molecule is NCC1(c2csc(CCOCC(F)F)n2)CCC1. The molecule has 0 radical (unpaired) electrons. The Morgan fingerprint density at radius 3 is 2.83 bits per heavy atom. The second kappa shape index (κ2) is 6.04. The third kappa shape index (κ3) is 3.05. The molecule has 0 spiro atoms. The van der Waals surface area contributed by atoms with Crippen LogP contribution in [0.15, 0.2) is 5.38 Å². The summed E-state index contributed by atoms with van der Waals surface area (Å²) >= 11 is 1.57. The van der Waals surface area contributed by atoms with Crippen LogP contribution < -0.4 is 5.73 Å². The van der Waals surface area contributed by atoms with E-state index in [1.807, 2.05) is 0 Å². The molecule has 1 saturated carbocycles. The van der Waals surface area contributed by atoms with Crippen molar-refractivity contribution in [2.24, 2.45) is 5.73 Å². The maximum absolute atomic E-state index is 11.9. The molecular formula is C12H18F2N2OS. The Kier molecular flexibility index (Phi) is 4.64. The minimum atomic E-state index is -2.40. The Labute approximate surface area is 109 Å². The van der Waals surface area contributed by atoms with E-state index in [1.54, 1.807) is 11.3 Å². The van der Waals surface area contributed by atoms with Crippen LogP contribution in [0.3, 0.4) is 0 Å². The standard InChI is InChI=1S/C12H18F2N2OS/c13-10(14)6-17-5-2-11-16-9(7-18-11)12(8-15)3-1-4-12/h7,10H,1-6,8,15H2. The van der Waals surface area contributed by atoms with Gasteiger partial charge in [0.1, 0.15) is 6.61 Å². The second-order valence-corrected chi connectivity index (χ2v) is 5.62. The number of hydrogen-bond donors (Lipinski definition) is 1. The van der Waals surface area contributed by atoms with Crippen LogP contribution >= 0.6 is 11.3 Å². The average Bonchev–Trinajstić information content (AvgIpc) is 2.73. The number of nitrogens with zero attached hydrogens (tertiary/aromatic N) is 1. The van der Waals surface area contributed by atoms with Gasteiger partial charge < -0.3 is 10.5 Å². The minimum Gasteiger partial charge on any atom is -0.375 e. The summed E-state index contributed by atoms with van der Waals surface area (Å²) in [5.41, 5.74) is 6.98. The lowest BCUT2D eigenvalue weighted by Gasteiger charge is -2.39. The van der Waals surface area contributed by atoms with E-state index in [4.69, 9.17) is 10.5 Å². The topological polar surface area (TPSA) is 48.1 Å². The third-order valence-electron chi connectivity index (χ3n) is 3.50. The predicted octanol–water partition coefficient (Wildman–Crippen LogP) is 2.35. The highest BCUT2D eigenvalue weighted by Crippen LogP contribution is 2.42. The number of alkyl halides is 2. The normalized spacial score (nSPS) is 18.0. The van der Waals surface area contributed by atoms with Crippen molar-refractivity contribution in [1.29, 1.82) is 0 Å². The van der Waals surface area contributed by atoms with Gasteiger partial charge in [-0.3, -0.25) is 0 Å². The van der Waals surface area contributed by atoms with Crippen LogP contribution in [0.25, 0.3) is 0 Å². The summed E-state index contributed by atoms with van der Waals surface area (Å²) in [6.07, 6.45) is 1.62. The molecule has 1 aromatic rings. The van der Waals surface area contributed by atoms with E-state index >= 15 is 0 Å². The van der Waals surface area contributed by atoms with Gasteiger partial charge in [-0.25, -0.2) is 13.8 Å². The fourth-order valence-electron chi connectivity index (χ4n) is 2.17. The molecular weight excluding hydrogens is 258 g/mol. The van der Waals surface area contributed by atoms with Crippen molar-refractivity contribution < 1.29 is 13.5 Å². The van der Waals surface area contributed by atoms with Gasteiger partial charge in [0.05, 0.1) is 17.3 Å². The molecule has 102 valence electrons. The lowest BCUT2D eigenvalue weighted by molar-refractivity contribution is 0.0187. The Bertz CT molecular complexity index is 374. The Hall–Kier alpha value is -0.590. The molecule has 0 aromatic carbocycles. The van der Waals surface area contributed by atoms with Crippen LogP contribution in [0.2, 0.25) is 0 Å². The first-order chi connectivity index (χ1) is 8.66. The summed E-state index contributed by atoms with van der Waals surface area (Å²) in [6, 6.07) is 0. The molecule has 0 atom stereocenters. The molecule has 1 aliphatic rings. The van der Waals surface area contributed by atoms with Crippen molar-refractivity contribution in [2.45, 2.75) is 37.5 Å². The van der Waals surface area contributed by atoms with Crippen molar-refractivity contribution in [3.63, 3.8) is 0 Å². The summed E-state index contributed by atoms with van der Waals surface area (Å²) in [5, 5.41) is 2.99. The maximum atomic E-state index is 11.9. The zero-order valence-electron chi connectivity index (χ0n) is 10.2. The maximum Gasteiger partial charge on any atom is 0.261 e. The van der Waals surface area contributed by atoms with Crippen molar-refractivity contribution in [1.82, 2.24) is 4.98 Å². The lowest BCUT2D eigenvalue weighted by Crippen LogP contribution is -2.41. The predicted molar refractivity (Wildman–Crippen MR) is 67.2 cm³/mol.